The van der Waals surface area contributed by atoms with Crippen LogP contribution in [0.25, 0.3) is 5.69 Å². The third-order valence-corrected chi connectivity index (χ3v) is 5.42. The van der Waals surface area contributed by atoms with Crippen molar-refractivity contribution in [3.63, 3.8) is 0 Å². The molecule has 0 aliphatic heterocycles. The highest BCUT2D eigenvalue weighted by atomic mass is 19.1. The Labute approximate surface area is 198 Å². The van der Waals surface area contributed by atoms with Gasteiger partial charge >= 0.3 is 0 Å². The molecule has 4 rings (SSSR count). The van der Waals surface area contributed by atoms with Crippen LogP contribution >= 0.6 is 0 Å². The molecular weight excluding hydrogens is 439 g/mol. The first-order chi connectivity index (χ1) is 16.5. The van der Waals surface area contributed by atoms with E-state index in [0.29, 0.717) is 47.4 Å². The van der Waals surface area contributed by atoms with Gasteiger partial charge in [-0.1, -0.05) is 19.9 Å². The number of halogens is 1. The molecule has 34 heavy (non-hydrogen) atoms. The van der Waals surface area contributed by atoms with E-state index in [1.807, 2.05) is 19.9 Å². The van der Waals surface area contributed by atoms with E-state index in [1.165, 1.54) is 19.2 Å². The largest absolute Gasteiger partial charge is 0.494 e. The highest BCUT2D eigenvalue weighted by molar-refractivity contribution is 6.01. The lowest BCUT2D eigenvalue weighted by Crippen LogP contribution is -2.25. The summed E-state index contributed by atoms with van der Waals surface area (Å²) in [7, 11) is 1.41. The van der Waals surface area contributed by atoms with Crippen molar-refractivity contribution in [2.24, 2.45) is 11.8 Å². The SMILES string of the molecule is COc1ccc(CNC(=O)c2c(OCC(C)C)ccc(-n3cnnc3)c2OCC2CC2)cc1F. The van der Waals surface area contributed by atoms with Gasteiger partial charge in [-0.05, 0) is 54.5 Å². The predicted octanol–water partition coefficient (Wildman–Crippen LogP) is 4.17. The molecule has 1 amide bonds. The third-order valence-electron chi connectivity index (χ3n) is 5.42. The molecule has 1 fully saturated rings. The number of nitrogens with one attached hydrogen (secondary N) is 1. The fourth-order valence-electron chi connectivity index (χ4n) is 3.40. The lowest BCUT2D eigenvalue weighted by molar-refractivity contribution is 0.0941. The molecule has 0 radical (unpaired) electrons. The Balaban J connectivity index is 1.66. The zero-order chi connectivity index (χ0) is 24.1. The maximum atomic E-state index is 14.1. The predicted molar refractivity (Wildman–Crippen MR) is 124 cm³/mol. The Bertz CT molecular complexity index is 1130. The van der Waals surface area contributed by atoms with Gasteiger partial charge in [-0.3, -0.25) is 9.36 Å². The molecule has 180 valence electrons. The van der Waals surface area contributed by atoms with Crippen LogP contribution in [0.2, 0.25) is 0 Å². The number of aromatic nitrogens is 3. The normalized spacial score (nSPS) is 13.1. The van der Waals surface area contributed by atoms with Gasteiger partial charge in [0.2, 0.25) is 0 Å². The summed E-state index contributed by atoms with van der Waals surface area (Å²) in [5, 5.41) is 10.6. The second kappa shape index (κ2) is 10.5. The first-order valence-corrected chi connectivity index (χ1v) is 11.3. The fourth-order valence-corrected chi connectivity index (χ4v) is 3.40. The lowest BCUT2D eigenvalue weighted by Gasteiger charge is -2.20. The van der Waals surface area contributed by atoms with Gasteiger partial charge in [0.05, 0.1) is 26.0 Å². The van der Waals surface area contributed by atoms with Crippen LogP contribution in [0.15, 0.2) is 43.0 Å². The number of rotatable bonds is 11. The highest BCUT2D eigenvalue weighted by Crippen LogP contribution is 2.37. The van der Waals surface area contributed by atoms with Gasteiger partial charge in [0, 0.05) is 6.54 Å². The Morgan fingerprint density at radius 1 is 1.15 bits per heavy atom. The number of methoxy groups -OCH3 is 1. The van der Waals surface area contributed by atoms with Gasteiger partial charge in [0.25, 0.3) is 5.91 Å². The molecule has 0 saturated heterocycles. The van der Waals surface area contributed by atoms with Crippen LogP contribution in [0.3, 0.4) is 0 Å². The Morgan fingerprint density at radius 2 is 1.88 bits per heavy atom. The summed E-state index contributed by atoms with van der Waals surface area (Å²) in [6.45, 7) is 5.15. The molecule has 0 atom stereocenters. The van der Waals surface area contributed by atoms with Crippen LogP contribution in [-0.2, 0) is 6.54 Å². The number of benzene rings is 2. The summed E-state index contributed by atoms with van der Waals surface area (Å²) in [4.78, 5) is 13.5. The number of hydrogen-bond donors (Lipinski definition) is 1. The minimum Gasteiger partial charge on any atom is -0.494 e. The number of ether oxygens (including phenoxy) is 3. The standard InChI is InChI=1S/C25H29FN4O4/c1-16(2)12-33-22-9-7-20(30-14-28-29-15-30)24(34-13-17-4-5-17)23(22)25(31)27-11-18-6-8-21(32-3)19(26)10-18/h6-10,14-17H,4-5,11-13H2,1-3H3,(H,27,31). The maximum Gasteiger partial charge on any atom is 0.259 e. The molecular formula is C25H29FN4O4. The molecule has 0 bridgehead atoms. The van der Waals surface area contributed by atoms with Gasteiger partial charge < -0.3 is 19.5 Å². The lowest BCUT2D eigenvalue weighted by atomic mass is 10.1. The number of hydrogen-bond acceptors (Lipinski definition) is 6. The third kappa shape index (κ3) is 5.65. The topological polar surface area (TPSA) is 87.5 Å². The molecule has 1 heterocycles. The van der Waals surface area contributed by atoms with Crippen molar-refractivity contribution < 1.29 is 23.4 Å². The quantitative estimate of drug-likeness (QED) is 0.455. The van der Waals surface area contributed by atoms with E-state index in [2.05, 4.69) is 15.5 Å². The highest BCUT2D eigenvalue weighted by Gasteiger charge is 2.27. The maximum absolute atomic E-state index is 14.1. The monoisotopic (exact) mass is 468 g/mol. The van der Waals surface area contributed by atoms with Crippen LogP contribution in [0.4, 0.5) is 4.39 Å². The van der Waals surface area contributed by atoms with Crippen molar-refractivity contribution in [1.82, 2.24) is 20.1 Å². The second-order valence-electron chi connectivity index (χ2n) is 8.77. The van der Waals surface area contributed by atoms with Gasteiger partial charge in [0.15, 0.2) is 17.3 Å². The van der Waals surface area contributed by atoms with Gasteiger partial charge in [0.1, 0.15) is 24.0 Å². The molecule has 3 aromatic rings. The van der Waals surface area contributed by atoms with Crippen molar-refractivity contribution in [3.8, 4) is 22.9 Å². The van der Waals surface area contributed by atoms with E-state index < -0.39 is 5.82 Å². The first-order valence-electron chi connectivity index (χ1n) is 11.3. The number of carbonyl (C=O) groups is 1. The van der Waals surface area contributed by atoms with Crippen LogP contribution < -0.4 is 19.5 Å². The molecule has 0 unspecified atom stereocenters. The Hall–Kier alpha value is -3.62. The van der Waals surface area contributed by atoms with E-state index >= 15 is 0 Å². The number of nitrogens with zero attached hydrogens (tertiary/aromatic N) is 3. The molecule has 8 nitrogen and oxygen atoms in total. The Kier molecular flexibility index (Phi) is 7.30. The van der Waals surface area contributed by atoms with Crippen LogP contribution in [0, 0.1) is 17.7 Å². The molecule has 2 aromatic carbocycles. The smallest absolute Gasteiger partial charge is 0.259 e. The van der Waals surface area contributed by atoms with Crippen LogP contribution in [0.1, 0.15) is 42.6 Å². The average Bonchev–Trinajstić information content (AvgIpc) is 3.50. The minimum atomic E-state index is -0.488. The van der Waals surface area contributed by atoms with Crippen molar-refractivity contribution in [2.75, 3.05) is 20.3 Å². The Morgan fingerprint density at radius 3 is 2.53 bits per heavy atom. The van der Waals surface area contributed by atoms with Crippen molar-refractivity contribution in [2.45, 2.75) is 33.2 Å². The average molecular weight is 469 g/mol. The van der Waals surface area contributed by atoms with E-state index in [-0.39, 0.29) is 24.1 Å². The summed E-state index contributed by atoms with van der Waals surface area (Å²) in [5.41, 5.74) is 1.54. The van der Waals surface area contributed by atoms with Gasteiger partial charge in [-0.15, -0.1) is 10.2 Å². The zero-order valence-corrected chi connectivity index (χ0v) is 19.6. The molecule has 1 N–H and O–H groups in total. The number of carbonyl (C=O) groups excluding carboxylic acids is 1. The molecule has 1 aliphatic rings. The summed E-state index contributed by atoms with van der Waals surface area (Å²) in [5.74, 6) is 0.866. The summed E-state index contributed by atoms with van der Waals surface area (Å²) >= 11 is 0. The van der Waals surface area contributed by atoms with Gasteiger partial charge in [-0.25, -0.2) is 4.39 Å². The zero-order valence-electron chi connectivity index (χ0n) is 19.6. The number of amides is 1. The van der Waals surface area contributed by atoms with E-state index in [4.69, 9.17) is 14.2 Å². The van der Waals surface area contributed by atoms with Crippen LogP contribution in [-0.4, -0.2) is 41.0 Å². The van der Waals surface area contributed by atoms with Crippen molar-refractivity contribution >= 4 is 5.91 Å². The summed E-state index contributed by atoms with van der Waals surface area (Å²) in [6, 6.07) is 8.16. The van der Waals surface area contributed by atoms with E-state index in [9.17, 15) is 9.18 Å². The van der Waals surface area contributed by atoms with Crippen molar-refractivity contribution in [1.29, 1.82) is 0 Å². The summed E-state index contributed by atoms with van der Waals surface area (Å²) in [6.07, 6.45) is 5.32. The van der Waals surface area contributed by atoms with Crippen LogP contribution in [0.5, 0.6) is 17.2 Å². The molecule has 1 aromatic heterocycles. The molecule has 9 heteroatoms. The first kappa shape index (κ1) is 23.5. The van der Waals surface area contributed by atoms with Crippen molar-refractivity contribution in [3.05, 3.63) is 59.9 Å². The minimum absolute atomic E-state index is 0.127. The van der Waals surface area contributed by atoms with Gasteiger partial charge in [-0.2, -0.15) is 0 Å². The summed E-state index contributed by atoms with van der Waals surface area (Å²) < 4.78 is 33.0. The molecule has 1 aliphatic carbocycles. The molecule has 1 saturated carbocycles. The van der Waals surface area contributed by atoms with E-state index in [0.717, 1.165) is 12.8 Å². The second-order valence-corrected chi connectivity index (χ2v) is 8.77. The van der Waals surface area contributed by atoms with E-state index in [1.54, 1.807) is 29.4 Å². The fraction of sp³-hybridized carbons (Fsp3) is 0.400. The molecule has 0 spiro atoms.